The number of hydrogen-bond donors (Lipinski definition) is 0. The highest BCUT2D eigenvalue weighted by Gasteiger charge is 2.19. The lowest BCUT2D eigenvalue weighted by molar-refractivity contribution is 0.296. The van der Waals surface area contributed by atoms with Gasteiger partial charge < -0.3 is 0 Å². The van der Waals surface area contributed by atoms with E-state index in [4.69, 9.17) is 0 Å². The molecule has 90 valence electrons. The summed E-state index contributed by atoms with van der Waals surface area (Å²) in [6, 6.07) is 15.5. The summed E-state index contributed by atoms with van der Waals surface area (Å²) >= 11 is 0. The summed E-state index contributed by atoms with van der Waals surface area (Å²) in [5.74, 6) is 0. The van der Waals surface area contributed by atoms with Gasteiger partial charge in [0.2, 0.25) is 0 Å². The lowest BCUT2D eigenvalue weighted by Crippen LogP contribution is -2.17. The number of benzene rings is 2. The summed E-state index contributed by atoms with van der Waals surface area (Å²) in [5, 5.41) is 2.70. The summed E-state index contributed by atoms with van der Waals surface area (Å²) < 4.78 is 0. The van der Waals surface area contributed by atoms with Crippen molar-refractivity contribution >= 4 is 10.8 Å². The summed E-state index contributed by atoms with van der Waals surface area (Å²) in [6.45, 7) is 6.98. The van der Waals surface area contributed by atoms with E-state index in [1.165, 1.54) is 35.6 Å². The minimum absolute atomic E-state index is 0.447. The maximum absolute atomic E-state index is 2.39. The fraction of sp³-hybridized carbons (Fsp3) is 0.412. The molecule has 0 saturated heterocycles. The zero-order valence-corrected chi connectivity index (χ0v) is 11.2. The van der Waals surface area contributed by atoms with Crippen LogP contribution in [0.15, 0.2) is 42.5 Å². The second kappa shape index (κ2) is 4.91. The van der Waals surface area contributed by atoms with Crippen molar-refractivity contribution in [1.29, 1.82) is 0 Å². The number of rotatable bonds is 4. The fourth-order valence-corrected chi connectivity index (χ4v) is 2.34. The monoisotopic (exact) mass is 226 g/mol. The smallest absolute Gasteiger partial charge is 0.0181 e. The Hall–Kier alpha value is -1.30. The third-order valence-corrected chi connectivity index (χ3v) is 4.15. The molecule has 0 bridgehead atoms. The Morgan fingerprint density at radius 1 is 0.882 bits per heavy atom. The van der Waals surface area contributed by atoms with Gasteiger partial charge in [-0.25, -0.2) is 0 Å². The normalized spacial score (nSPS) is 11.9. The molecule has 0 nitrogen and oxygen atoms in total. The first kappa shape index (κ1) is 12.2. The number of fused-ring (bicyclic) bond motifs is 1. The van der Waals surface area contributed by atoms with Crippen LogP contribution in [0.1, 0.15) is 39.2 Å². The molecule has 0 aliphatic heterocycles. The minimum atomic E-state index is 0.447. The Balaban J connectivity index is 2.31. The van der Waals surface area contributed by atoms with Crippen LogP contribution in [0.4, 0.5) is 0 Å². The molecule has 0 heteroatoms. The van der Waals surface area contributed by atoms with E-state index in [-0.39, 0.29) is 0 Å². The van der Waals surface area contributed by atoms with Gasteiger partial charge in [0.25, 0.3) is 0 Å². The average Bonchev–Trinajstić information content (AvgIpc) is 2.38. The molecule has 0 aliphatic carbocycles. The van der Waals surface area contributed by atoms with E-state index in [0.717, 1.165) is 0 Å². The van der Waals surface area contributed by atoms with E-state index in [1.54, 1.807) is 0 Å². The highest BCUT2D eigenvalue weighted by Crippen LogP contribution is 2.31. The van der Waals surface area contributed by atoms with Crippen molar-refractivity contribution in [3.05, 3.63) is 48.0 Å². The first-order valence-electron chi connectivity index (χ1n) is 6.64. The van der Waals surface area contributed by atoms with Crippen molar-refractivity contribution in [2.45, 2.75) is 40.0 Å². The average molecular weight is 226 g/mol. The van der Waals surface area contributed by atoms with Crippen molar-refractivity contribution in [1.82, 2.24) is 0 Å². The van der Waals surface area contributed by atoms with Gasteiger partial charge in [0.1, 0.15) is 0 Å². The molecule has 0 aromatic heterocycles. The largest absolute Gasteiger partial charge is 0.0649 e. The molecule has 0 heterocycles. The lowest BCUT2D eigenvalue weighted by atomic mass is 9.79. The molecule has 2 aromatic rings. The van der Waals surface area contributed by atoms with Crippen molar-refractivity contribution in [3.63, 3.8) is 0 Å². The Morgan fingerprint density at radius 2 is 1.53 bits per heavy atom. The molecule has 0 aliphatic rings. The van der Waals surface area contributed by atoms with Crippen LogP contribution in [0.3, 0.4) is 0 Å². The molecule has 0 saturated carbocycles. The molecule has 2 rings (SSSR count). The molecule has 0 radical (unpaired) electrons. The third-order valence-electron chi connectivity index (χ3n) is 4.15. The van der Waals surface area contributed by atoms with Crippen molar-refractivity contribution in [2.24, 2.45) is 5.41 Å². The molecule has 0 spiro atoms. The Kier molecular flexibility index (Phi) is 3.51. The van der Waals surface area contributed by atoms with Crippen LogP contribution in [0.25, 0.3) is 10.8 Å². The quantitative estimate of drug-likeness (QED) is 0.671. The van der Waals surface area contributed by atoms with Crippen LogP contribution in [-0.2, 0) is 6.42 Å². The SMILES string of the molecule is CCC(C)(CC)Cc1ccc2ccccc2c1. The van der Waals surface area contributed by atoms with Gasteiger partial charge in [-0.2, -0.15) is 0 Å². The molecule has 0 N–H and O–H groups in total. The van der Waals surface area contributed by atoms with E-state index in [1.807, 2.05) is 0 Å². The van der Waals surface area contributed by atoms with Gasteiger partial charge in [0, 0.05) is 0 Å². The third kappa shape index (κ3) is 2.69. The standard InChI is InChI=1S/C17H22/c1-4-17(3,5-2)13-14-10-11-15-8-6-7-9-16(15)12-14/h6-12H,4-5,13H2,1-3H3. The van der Waals surface area contributed by atoms with Crippen LogP contribution in [0.5, 0.6) is 0 Å². The van der Waals surface area contributed by atoms with E-state index >= 15 is 0 Å². The predicted octanol–water partition coefficient (Wildman–Crippen LogP) is 5.21. The maximum atomic E-state index is 2.39. The summed E-state index contributed by atoms with van der Waals surface area (Å²) in [6.07, 6.45) is 3.68. The molecule has 0 unspecified atom stereocenters. The topological polar surface area (TPSA) is 0 Å². The Labute approximate surface area is 105 Å². The minimum Gasteiger partial charge on any atom is -0.0649 e. The molecule has 17 heavy (non-hydrogen) atoms. The molecular weight excluding hydrogens is 204 g/mol. The van der Waals surface area contributed by atoms with Crippen LogP contribution in [0, 0.1) is 5.41 Å². The Bertz CT molecular complexity index is 492. The van der Waals surface area contributed by atoms with Gasteiger partial charge in [0.05, 0.1) is 0 Å². The van der Waals surface area contributed by atoms with Crippen molar-refractivity contribution in [3.8, 4) is 0 Å². The van der Waals surface area contributed by atoms with E-state index in [0.29, 0.717) is 5.41 Å². The van der Waals surface area contributed by atoms with Gasteiger partial charge in [-0.3, -0.25) is 0 Å². The zero-order valence-electron chi connectivity index (χ0n) is 11.2. The van der Waals surface area contributed by atoms with Crippen LogP contribution >= 0.6 is 0 Å². The lowest BCUT2D eigenvalue weighted by Gasteiger charge is -2.26. The highest BCUT2D eigenvalue weighted by atomic mass is 14.2. The molecular formula is C17H22. The van der Waals surface area contributed by atoms with Crippen LogP contribution in [-0.4, -0.2) is 0 Å². The number of hydrogen-bond acceptors (Lipinski definition) is 0. The van der Waals surface area contributed by atoms with E-state index < -0.39 is 0 Å². The van der Waals surface area contributed by atoms with Crippen LogP contribution in [0.2, 0.25) is 0 Å². The van der Waals surface area contributed by atoms with Crippen LogP contribution < -0.4 is 0 Å². The van der Waals surface area contributed by atoms with Gasteiger partial charge in [0.15, 0.2) is 0 Å². The van der Waals surface area contributed by atoms with Gasteiger partial charge in [-0.1, -0.05) is 76.1 Å². The van der Waals surface area contributed by atoms with Gasteiger partial charge >= 0.3 is 0 Å². The molecule has 0 atom stereocenters. The fourth-order valence-electron chi connectivity index (χ4n) is 2.34. The second-order valence-corrected chi connectivity index (χ2v) is 5.38. The molecule has 2 aromatic carbocycles. The van der Waals surface area contributed by atoms with Crippen molar-refractivity contribution in [2.75, 3.05) is 0 Å². The second-order valence-electron chi connectivity index (χ2n) is 5.38. The Morgan fingerprint density at radius 3 is 2.18 bits per heavy atom. The molecule has 0 amide bonds. The first-order valence-corrected chi connectivity index (χ1v) is 6.64. The van der Waals surface area contributed by atoms with Crippen molar-refractivity contribution < 1.29 is 0 Å². The maximum Gasteiger partial charge on any atom is -0.0181 e. The summed E-state index contributed by atoms with van der Waals surface area (Å²) in [4.78, 5) is 0. The van der Waals surface area contributed by atoms with Gasteiger partial charge in [-0.15, -0.1) is 0 Å². The summed E-state index contributed by atoms with van der Waals surface area (Å²) in [7, 11) is 0. The summed E-state index contributed by atoms with van der Waals surface area (Å²) in [5.41, 5.74) is 1.91. The predicted molar refractivity (Wildman–Crippen MR) is 76.3 cm³/mol. The zero-order chi connectivity index (χ0) is 12.3. The van der Waals surface area contributed by atoms with Gasteiger partial charge in [-0.05, 0) is 28.2 Å². The highest BCUT2D eigenvalue weighted by molar-refractivity contribution is 5.82. The van der Waals surface area contributed by atoms with E-state index in [2.05, 4.69) is 63.2 Å². The van der Waals surface area contributed by atoms with E-state index in [9.17, 15) is 0 Å². The first-order chi connectivity index (χ1) is 8.17. The molecule has 0 fully saturated rings.